The minimum Gasteiger partial charge on any atom is -0.466 e. The van der Waals surface area contributed by atoms with Gasteiger partial charge < -0.3 is 19.1 Å². The molecule has 0 saturated carbocycles. The Morgan fingerprint density at radius 2 is 1.86 bits per heavy atom. The van der Waals surface area contributed by atoms with Crippen molar-refractivity contribution in [2.24, 2.45) is 5.92 Å². The molecule has 2 aliphatic heterocycles. The predicted molar refractivity (Wildman–Crippen MR) is 105 cm³/mol. The zero-order valence-electron chi connectivity index (χ0n) is 16.6. The molecule has 1 fully saturated rings. The fraction of sp³-hybridized carbons (Fsp3) is 0.579. The van der Waals surface area contributed by atoms with Crippen molar-refractivity contribution in [3.8, 4) is 11.5 Å². The van der Waals surface area contributed by atoms with Crippen molar-refractivity contribution in [1.29, 1.82) is 0 Å². The molecule has 0 radical (unpaired) electrons. The van der Waals surface area contributed by atoms with Crippen LogP contribution in [-0.2, 0) is 24.3 Å². The van der Waals surface area contributed by atoms with Crippen LogP contribution in [-0.4, -0.2) is 64.0 Å². The maximum absolute atomic E-state index is 12.8. The number of carbonyl (C=O) groups excluding carboxylic acids is 2. The highest BCUT2D eigenvalue weighted by Gasteiger charge is 2.31. The summed E-state index contributed by atoms with van der Waals surface area (Å²) >= 11 is 0. The van der Waals surface area contributed by atoms with Gasteiger partial charge in [0, 0.05) is 19.2 Å². The molecule has 0 spiro atoms. The zero-order valence-corrected chi connectivity index (χ0v) is 17.4. The van der Waals surface area contributed by atoms with Gasteiger partial charge in [-0.3, -0.25) is 13.9 Å². The maximum Gasteiger partial charge on any atom is 0.309 e. The van der Waals surface area contributed by atoms with Crippen LogP contribution in [0.3, 0.4) is 0 Å². The third kappa shape index (κ3) is 4.75. The second kappa shape index (κ2) is 8.89. The van der Waals surface area contributed by atoms with E-state index in [0.29, 0.717) is 49.7 Å². The van der Waals surface area contributed by atoms with Gasteiger partial charge in [-0.05, 0) is 38.8 Å². The Hall–Kier alpha value is -2.49. The largest absolute Gasteiger partial charge is 0.466 e. The fourth-order valence-electron chi connectivity index (χ4n) is 3.39. The van der Waals surface area contributed by atoms with Gasteiger partial charge in [-0.15, -0.1) is 0 Å². The first kappa shape index (κ1) is 21.2. The molecular formula is C19H26N2O7S. The summed E-state index contributed by atoms with van der Waals surface area (Å²) in [5, 5.41) is 0. The van der Waals surface area contributed by atoms with Crippen LogP contribution in [0.2, 0.25) is 0 Å². The maximum atomic E-state index is 12.8. The number of carbonyl (C=O) groups is 2. The van der Waals surface area contributed by atoms with E-state index in [-0.39, 0.29) is 36.9 Å². The number of sulfonamides is 1. The SMILES string of the molecule is CCOC(=O)C1CCN(C(=O)CN(c2ccc3c(c2)OCO3)S(=O)(=O)CC)CC1. The topological polar surface area (TPSA) is 102 Å². The van der Waals surface area contributed by atoms with E-state index in [1.165, 1.54) is 6.92 Å². The monoisotopic (exact) mass is 426 g/mol. The Morgan fingerprint density at radius 1 is 1.17 bits per heavy atom. The highest BCUT2D eigenvalue weighted by atomic mass is 32.2. The lowest BCUT2D eigenvalue weighted by Crippen LogP contribution is -2.47. The van der Waals surface area contributed by atoms with Crippen molar-refractivity contribution in [3.63, 3.8) is 0 Å². The van der Waals surface area contributed by atoms with Crippen molar-refractivity contribution >= 4 is 27.6 Å². The highest BCUT2D eigenvalue weighted by molar-refractivity contribution is 7.92. The molecule has 160 valence electrons. The molecule has 0 atom stereocenters. The zero-order chi connectivity index (χ0) is 21.0. The van der Waals surface area contributed by atoms with Crippen molar-refractivity contribution in [3.05, 3.63) is 18.2 Å². The van der Waals surface area contributed by atoms with Crippen LogP contribution in [0.5, 0.6) is 11.5 Å². The molecule has 0 N–H and O–H groups in total. The van der Waals surface area contributed by atoms with E-state index in [1.807, 2.05) is 0 Å². The molecule has 9 nitrogen and oxygen atoms in total. The molecule has 1 aromatic carbocycles. The van der Waals surface area contributed by atoms with Gasteiger partial charge in [0.2, 0.25) is 22.7 Å². The standard InChI is InChI=1S/C19H26N2O7S/c1-3-26-19(23)14-7-9-20(10-8-14)18(22)12-21(29(24,25)4-2)15-5-6-16-17(11-15)28-13-27-16/h5-6,11,14H,3-4,7-10,12-13H2,1-2H3. The van der Waals surface area contributed by atoms with E-state index in [1.54, 1.807) is 30.0 Å². The summed E-state index contributed by atoms with van der Waals surface area (Å²) in [6.45, 7) is 4.18. The number of piperidine rings is 1. The molecule has 0 bridgehead atoms. The molecule has 1 saturated heterocycles. The van der Waals surface area contributed by atoms with Gasteiger partial charge >= 0.3 is 5.97 Å². The molecule has 0 aliphatic carbocycles. The van der Waals surface area contributed by atoms with Gasteiger partial charge in [0.25, 0.3) is 0 Å². The minimum absolute atomic E-state index is 0.0770. The predicted octanol–water partition coefficient (Wildman–Crippen LogP) is 1.37. The first-order valence-corrected chi connectivity index (χ1v) is 11.3. The first-order chi connectivity index (χ1) is 13.9. The number of hydrogen-bond acceptors (Lipinski definition) is 7. The number of anilines is 1. The number of nitrogens with zero attached hydrogens (tertiary/aromatic N) is 2. The Balaban J connectivity index is 1.71. The molecule has 2 aliphatic rings. The van der Waals surface area contributed by atoms with Crippen molar-refractivity contribution in [2.45, 2.75) is 26.7 Å². The molecule has 2 heterocycles. The van der Waals surface area contributed by atoms with Crippen molar-refractivity contribution in [1.82, 2.24) is 4.90 Å². The second-order valence-electron chi connectivity index (χ2n) is 6.85. The van der Waals surface area contributed by atoms with Crippen LogP contribution < -0.4 is 13.8 Å². The summed E-state index contributed by atoms with van der Waals surface area (Å²) < 4.78 is 42.0. The number of hydrogen-bond donors (Lipinski definition) is 0. The molecule has 3 rings (SSSR count). The van der Waals surface area contributed by atoms with E-state index >= 15 is 0 Å². The molecule has 10 heteroatoms. The highest BCUT2D eigenvalue weighted by Crippen LogP contribution is 2.36. The Kier molecular flexibility index (Phi) is 6.51. The van der Waals surface area contributed by atoms with Crippen LogP contribution in [0.1, 0.15) is 26.7 Å². The van der Waals surface area contributed by atoms with E-state index in [4.69, 9.17) is 14.2 Å². The fourth-order valence-corrected chi connectivity index (χ4v) is 4.45. The van der Waals surface area contributed by atoms with E-state index in [0.717, 1.165) is 4.31 Å². The molecular weight excluding hydrogens is 400 g/mol. The van der Waals surface area contributed by atoms with Crippen molar-refractivity contribution < 1.29 is 32.2 Å². The molecule has 29 heavy (non-hydrogen) atoms. The first-order valence-electron chi connectivity index (χ1n) is 9.70. The lowest BCUT2D eigenvalue weighted by molar-refractivity contribution is -0.151. The van der Waals surface area contributed by atoms with Crippen LogP contribution in [0, 0.1) is 5.92 Å². The number of ether oxygens (including phenoxy) is 3. The number of amides is 1. The molecule has 0 aromatic heterocycles. The minimum atomic E-state index is -3.68. The van der Waals surface area contributed by atoms with Crippen LogP contribution in [0.25, 0.3) is 0 Å². The average molecular weight is 426 g/mol. The Morgan fingerprint density at radius 3 is 2.52 bits per heavy atom. The summed E-state index contributed by atoms with van der Waals surface area (Å²) in [5.74, 6) is 0.0802. The van der Waals surface area contributed by atoms with Gasteiger partial charge in [0.1, 0.15) is 6.54 Å². The van der Waals surface area contributed by atoms with Gasteiger partial charge in [0.15, 0.2) is 11.5 Å². The van der Waals surface area contributed by atoms with Crippen LogP contribution in [0.15, 0.2) is 18.2 Å². The number of esters is 1. The number of rotatable bonds is 7. The number of fused-ring (bicyclic) bond motifs is 1. The van der Waals surface area contributed by atoms with Crippen LogP contribution in [0.4, 0.5) is 5.69 Å². The van der Waals surface area contributed by atoms with Gasteiger partial charge in [-0.2, -0.15) is 0 Å². The molecule has 0 unspecified atom stereocenters. The van der Waals surface area contributed by atoms with Gasteiger partial charge in [0.05, 0.1) is 24.0 Å². The third-order valence-corrected chi connectivity index (χ3v) is 6.83. The van der Waals surface area contributed by atoms with Gasteiger partial charge in [-0.25, -0.2) is 8.42 Å². The van der Waals surface area contributed by atoms with Crippen LogP contribution >= 0.6 is 0 Å². The average Bonchev–Trinajstić information content (AvgIpc) is 3.19. The Bertz CT molecular complexity index is 863. The quantitative estimate of drug-likeness (QED) is 0.607. The normalized spacial score (nSPS) is 16.6. The van der Waals surface area contributed by atoms with E-state index in [9.17, 15) is 18.0 Å². The smallest absolute Gasteiger partial charge is 0.309 e. The molecule has 1 aromatic rings. The number of likely N-dealkylation sites (tertiary alicyclic amines) is 1. The summed E-state index contributed by atoms with van der Waals surface area (Å²) in [5.41, 5.74) is 0.353. The summed E-state index contributed by atoms with van der Waals surface area (Å²) in [6, 6.07) is 4.79. The second-order valence-corrected chi connectivity index (χ2v) is 9.03. The van der Waals surface area contributed by atoms with Gasteiger partial charge in [-0.1, -0.05) is 0 Å². The van der Waals surface area contributed by atoms with Crippen molar-refractivity contribution in [2.75, 3.05) is 43.1 Å². The Labute approximate surface area is 170 Å². The number of benzene rings is 1. The summed E-state index contributed by atoms with van der Waals surface area (Å²) in [4.78, 5) is 26.3. The van der Waals surface area contributed by atoms with E-state index in [2.05, 4.69) is 0 Å². The summed E-state index contributed by atoms with van der Waals surface area (Å²) in [7, 11) is -3.68. The lowest BCUT2D eigenvalue weighted by Gasteiger charge is -2.33. The van der Waals surface area contributed by atoms with E-state index < -0.39 is 10.0 Å². The molecule has 1 amide bonds. The lowest BCUT2D eigenvalue weighted by atomic mass is 9.97. The summed E-state index contributed by atoms with van der Waals surface area (Å²) in [6.07, 6.45) is 1.02. The third-order valence-electron chi connectivity index (χ3n) is 5.09.